The summed E-state index contributed by atoms with van der Waals surface area (Å²) in [5, 5.41) is 21.8. The van der Waals surface area contributed by atoms with Crippen LogP contribution in [0.5, 0.6) is 0 Å². The van der Waals surface area contributed by atoms with Gasteiger partial charge in [-0.2, -0.15) is 0 Å². The van der Waals surface area contributed by atoms with E-state index in [2.05, 4.69) is 41.4 Å². The Kier molecular flexibility index (Phi) is 17.2. The number of carboxylic acids is 2. The first kappa shape index (κ1) is 42.4. The monoisotopic (exact) mass is 841 g/mol. The molecular formula is C38H35BrCl3N5O6. The van der Waals surface area contributed by atoms with Gasteiger partial charge in [-0.25, -0.2) is 9.97 Å². The lowest BCUT2D eigenvalue weighted by atomic mass is 10.1. The Bertz CT molecular complexity index is 1860. The summed E-state index contributed by atoms with van der Waals surface area (Å²) in [6, 6.07) is 33.6. The van der Waals surface area contributed by atoms with E-state index in [4.69, 9.17) is 45.0 Å². The highest BCUT2D eigenvalue weighted by Crippen LogP contribution is 2.35. The third kappa shape index (κ3) is 15.2. The Morgan fingerprint density at radius 3 is 1.28 bits per heavy atom. The van der Waals surface area contributed by atoms with E-state index in [9.17, 15) is 19.2 Å². The highest BCUT2D eigenvalue weighted by Gasteiger charge is 2.16. The number of amides is 2. The maximum Gasteiger partial charge on any atom is 0.303 e. The van der Waals surface area contributed by atoms with Crippen molar-refractivity contribution in [1.29, 1.82) is 0 Å². The fraction of sp³-hybridized carbons (Fsp3) is 0.158. The topological polar surface area (TPSA) is 162 Å². The molecule has 15 heteroatoms. The number of pyridine rings is 2. The van der Waals surface area contributed by atoms with Crippen LogP contribution in [0.15, 0.2) is 114 Å². The Labute approximate surface area is 330 Å². The molecule has 2 aromatic heterocycles. The second-order valence-corrected chi connectivity index (χ2v) is 13.9. The Hall–Kier alpha value is -5.01. The van der Waals surface area contributed by atoms with Gasteiger partial charge in [0.2, 0.25) is 0 Å². The molecule has 4 N–H and O–H groups in total. The molecule has 0 radical (unpaired) electrons. The molecule has 0 aliphatic heterocycles. The predicted octanol–water partition coefficient (Wildman–Crippen LogP) is 10.1. The van der Waals surface area contributed by atoms with Gasteiger partial charge in [-0.15, -0.1) is 0 Å². The summed E-state index contributed by atoms with van der Waals surface area (Å²) in [5.74, 6) is -1.36. The van der Waals surface area contributed by atoms with Crippen LogP contribution in [-0.2, 0) is 9.59 Å². The number of carbonyl (C=O) groups excluding carboxylic acids is 2. The third-order valence-electron chi connectivity index (χ3n) is 6.90. The minimum Gasteiger partial charge on any atom is -0.481 e. The zero-order valence-electron chi connectivity index (χ0n) is 28.5. The van der Waals surface area contributed by atoms with Crippen LogP contribution in [0.2, 0.25) is 0 Å². The van der Waals surface area contributed by atoms with Crippen molar-refractivity contribution in [3.05, 3.63) is 136 Å². The van der Waals surface area contributed by atoms with Gasteiger partial charge < -0.3 is 25.7 Å². The van der Waals surface area contributed by atoms with Crippen molar-refractivity contribution >= 4 is 103 Å². The second kappa shape index (κ2) is 21.5. The first-order valence-electron chi connectivity index (χ1n) is 15.8. The Balaban J connectivity index is 0.000000499. The van der Waals surface area contributed by atoms with Crippen molar-refractivity contribution in [3.63, 3.8) is 0 Å². The molecule has 11 nitrogen and oxygen atoms in total. The maximum absolute atomic E-state index is 12.8. The number of nitrogens with zero attached hydrogens (tertiary/aromatic N) is 3. The number of aromatic nitrogens is 2. The number of anilines is 5. The summed E-state index contributed by atoms with van der Waals surface area (Å²) in [6.07, 6.45) is 0.0866. The Morgan fingerprint density at radius 1 is 0.623 bits per heavy atom. The zero-order valence-corrected chi connectivity index (χ0v) is 32.3. The molecular weight excluding hydrogens is 809 g/mol. The smallest absolute Gasteiger partial charge is 0.303 e. The Morgan fingerprint density at radius 2 is 0.962 bits per heavy atom. The third-order valence-corrected chi connectivity index (χ3v) is 7.43. The van der Waals surface area contributed by atoms with Gasteiger partial charge in [0.25, 0.3) is 11.8 Å². The maximum atomic E-state index is 12.8. The molecule has 53 heavy (non-hydrogen) atoms. The van der Waals surface area contributed by atoms with E-state index < -0.39 is 16.2 Å². The molecule has 0 aliphatic rings. The lowest BCUT2D eigenvalue weighted by Gasteiger charge is -2.26. The quantitative estimate of drug-likeness (QED) is 0.0949. The van der Waals surface area contributed by atoms with E-state index in [-0.39, 0.29) is 31.1 Å². The standard InChI is InChI=1S/C32H26BrN5O2.C5H8O4.CHCl3/c1-21-5-3-7-29(34-21)36-31(39)23-9-15-26(16-10-23)38(28-19-13-25(33)14-20-28)27-17-11-24(12-18-27)32(40)37-30-8-4-6-22(2)35-30;6-4(7)2-1-3-5(8)9;2-1(3)4/h3-20H,1-2H3,(H,34,36,39)(H,35,37,40);1-3H2,(H,6,7)(H,8,9);1H. The van der Waals surface area contributed by atoms with E-state index >= 15 is 0 Å². The molecule has 2 amide bonds. The van der Waals surface area contributed by atoms with Gasteiger partial charge in [0.1, 0.15) is 11.6 Å². The second-order valence-electron chi connectivity index (χ2n) is 11.0. The molecule has 0 fully saturated rings. The summed E-state index contributed by atoms with van der Waals surface area (Å²) in [5.41, 5.74) is 5.31. The van der Waals surface area contributed by atoms with Crippen LogP contribution in [0, 0.1) is 13.8 Å². The molecule has 2 heterocycles. The molecule has 5 aromatic rings. The molecule has 276 valence electrons. The first-order chi connectivity index (χ1) is 25.2. The van der Waals surface area contributed by atoms with Crippen LogP contribution >= 0.6 is 50.7 Å². The number of aryl methyl sites for hydroxylation is 2. The van der Waals surface area contributed by atoms with E-state index in [0.717, 1.165) is 32.9 Å². The van der Waals surface area contributed by atoms with Crippen molar-refractivity contribution in [2.45, 2.75) is 37.4 Å². The van der Waals surface area contributed by atoms with Crippen molar-refractivity contribution in [3.8, 4) is 0 Å². The van der Waals surface area contributed by atoms with Crippen molar-refractivity contribution < 1.29 is 29.4 Å². The minimum absolute atomic E-state index is 0.0632. The molecule has 0 spiro atoms. The van der Waals surface area contributed by atoms with Crippen LogP contribution in [0.1, 0.15) is 51.4 Å². The molecule has 5 rings (SSSR count). The van der Waals surface area contributed by atoms with Crippen molar-refractivity contribution in [2.75, 3.05) is 15.5 Å². The normalized spacial score (nSPS) is 10.2. The fourth-order valence-electron chi connectivity index (χ4n) is 4.55. The number of carbonyl (C=O) groups is 4. The molecule has 0 atom stereocenters. The molecule has 0 unspecified atom stereocenters. The highest BCUT2D eigenvalue weighted by atomic mass is 79.9. The summed E-state index contributed by atoms with van der Waals surface area (Å²) >= 11 is 17.9. The SMILES string of the molecule is Cc1cccc(NC(=O)c2ccc(N(c3ccc(Br)cc3)c3ccc(C(=O)Nc4cccc(C)n4)cc3)cc2)n1.ClC(Cl)Cl.O=C(O)CCCC(=O)O. The number of carboxylic acid groups (broad SMARTS) is 2. The predicted molar refractivity (Wildman–Crippen MR) is 213 cm³/mol. The summed E-state index contributed by atoms with van der Waals surface area (Å²) < 4.78 is 0.213. The van der Waals surface area contributed by atoms with Crippen LogP contribution in [0.3, 0.4) is 0 Å². The van der Waals surface area contributed by atoms with Crippen LogP contribution < -0.4 is 15.5 Å². The van der Waals surface area contributed by atoms with Gasteiger partial charge in [-0.05, 0) is 117 Å². The van der Waals surface area contributed by atoms with Gasteiger partial charge in [0.15, 0.2) is 4.30 Å². The van der Waals surface area contributed by atoms with E-state index in [0.29, 0.717) is 22.8 Å². The zero-order chi connectivity index (χ0) is 38.9. The summed E-state index contributed by atoms with van der Waals surface area (Å²) in [4.78, 5) is 56.0. The lowest BCUT2D eigenvalue weighted by molar-refractivity contribution is -0.138. The lowest BCUT2D eigenvalue weighted by Crippen LogP contribution is -2.15. The first-order valence-corrected chi connectivity index (χ1v) is 17.9. The van der Waals surface area contributed by atoms with Crippen LogP contribution in [0.25, 0.3) is 0 Å². The highest BCUT2D eigenvalue weighted by molar-refractivity contribution is 9.10. The van der Waals surface area contributed by atoms with Gasteiger partial charge in [0, 0.05) is 56.9 Å². The number of nitrogens with one attached hydrogen (secondary N) is 2. The number of hydrogen-bond acceptors (Lipinski definition) is 7. The number of rotatable bonds is 11. The van der Waals surface area contributed by atoms with Crippen LogP contribution in [0.4, 0.5) is 28.7 Å². The number of halogens is 4. The van der Waals surface area contributed by atoms with Crippen LogP contribution in [-0.4, -0.2) is 48.2 Å². The minimum atomic E-state index is -0.948. The molecule has 0 saturated carbocycles. The van der Waals surface area contributed by atoms with E-state index in [1.165, 1.54) is 0 Å². The fourth-order valence-corrected chi connectivity index (χ4v) is 4.82. The average Bonchev–Trinajstić information content (AvgIpc) is 3.09. The number of alkyl halides is 3. The number of benzene rings is 3. The largest absolute Gasteiger partial charge is 0.481 e. The summed E-state index contributed by atoms with van der Waals surface area (Å²) in [7, 11) is 0. The van der Waals surface area contributed by atoms with E-state index in [1.807, 2.05) is 86.6 Å². The molecule has 3 aromatic carbocycles. The van der Waals surface area contributed by atoms with Gasteiger partial charge in [-0.3, -0.25) is 19.2 Å². The van der Waals surface area contributed by atoms with Gasteiger partial charge in [0.05, 0.1) is 0 Å². The van der Waals surface area contributed by atoms with Crippen molar-refractivity contribution in [1.82, 2.24) is 9.97 Å². The van der Waals surface area contributed by atoms with Gasteiger partial charge in [-0.1, -0.05) is 62.9 Å². The van der Waals surface area contributed by atoms with E-state index in [1.54, 1.807) is 36.4 Å². The molecule has 0 aliphatic carbocycles. The molecule has 0 saturated heterocycles. The summed E-state index contributed by atoms with van der Waals surface area (Å²) in [6.45, 7) is 3.75. The number of aliphatic carboxylic acids is 2. The number of hydrogen-bond donors (Lipinski definition) is 4. The van der Waals surface area contributed by atoms with Crippen molar-refractivity contribution in [2.24, 2.45) is 0 Å². The average molecular weight is 844 g/mol. The molecule has 0 bridgehead atoms. The van der Waals surface area contributed by atoms with Gasteiger partial charge >= 0.3 is 11.9 Å².